The van der Waals surface area contributed by atoms with Crippen molar-refractivity contribution < 1.29 is 4.79 Å². The van der Waals surface area contributed by atoms with Crippen LogP contribution in [0.2, 0.25) is 0 Å². The second kappa shape index (κ2) is 5.72. The highest BCUT2D eigenvalue weighted by atomic mass is 79.9. The van der Waals surface area contributed by atoms with Crippen molar-refractivity contribution in [3.63, 3.8) is 0 Å². The number of nitrogens with zero attached hydrogens (tertiary/aromatic N) is 1. The van der Waals surface area contributed by atoms with E-state index >= 15 is 0 Å². The zero-order valence-corrected chi connectivity index (χ0v) is 12.4. The first-order valence-electron chi connectivity index (χ1n) is 6.27. The maximum atomic E-state index is 12.4. The Bertz CT molecular complexity index is 530. The van der Waals surface area contributed by atoms with Gasteiger partial charge >= 0.3 is 0 Å². The molecule has 19 heavy (non-hydrogen) atoms. The predicted molar refractivity (Wildman–Crippen MR) is 77.7 cm³/mol. The van der Waals surface area contributed by atoms with E-state index in [1.807, 2.05) is 6.92 Å². The molecule has 1 saturated heterocycles. The number of carbonyl (C=O) groups excluding carboxylic acids is 1. The van der Waals surface area contributed by atoms with Gasteiger partial charge in [-0.05, 0) is 44.5 Å². The van der Waals surface area contributed by atoms with E-state index < -0.39 is 5.41 Å². The van der Waals surface area contributed by atoms with Crippen LogP contribution in [-0.4, -0.2) is 19.0 Å². The second-order valence-electron chi connectivity index (χ2n) is 5.10. The summed E-state index contributed by atoms with van der Waals surface area (Å²) in [5.41, 5.74) is 0.630. The summed E-state index contributed by atoms with van der Waals surface area (Å²) in [5.74, 6) is -0.0331. The molecule has 1 heterocycles. The lowest BCUT2D eigenvalue weighted by Gasteiger charge is -2.32. The van der Waals surface area contributed by atoms with Gasteiger partial charge in [0.15, 0.2) is 0 Å². The number of benzene rings is 1. The Morgan fingerprint density at radius 1 is 1.58 bits per heavy atom. The second-order valence-corrected chi connectivity index (χ2v) is 6.01. The summed E-state index contributed by atoms with van der Waals surface area (Å²) in [5, 5.41) is 15.2. The van der Waals surface area contributed by atoms with Crippen molar-refractivity contribution in [3.8, 4) is 6.07 Å². The van der Waals surface area contributed by atoms with E-state index in [2.05, 4.69) is 32.6 Å². The molecule has 1 aliphatic rings. The number of carbonyl (C=O) groups is 1. The Morgan fingerprint density at radius 2 is 2.37 bits per heavy atom. The molecule has 1 aliphatic heterocycles. The Balaban J connectivity index is 2.19. The van der Waals surface area contributed by atoms with Crippen molar-refractivity contribution in [2.45, 2.75) is 19.8 Å². The third kappa shape index (κ3) is 3.14. The number of rotatable bonds is 2. The lowest BCUT2D eigenvalue weighted by atomic mass is 9.82. The number of nitriles is 1. The highest BCUT2D eigenvalue weighted by Gasteiger charge is 2.34. The van der Waals surface area contributed by atoms with Crippen molar-refractivity contribution in [2.75, 3.05) is 18.4 Å². The lowest BCUT2D eigenvalue weighted by Crippen LogP contribution is -2.46. The van der Waals surface area contributed by atoms with Gasteiger partial charge in [-0.1, -0.05) is 15.9 Å². The van der Waals surface area contributed by atoms with E-state index in [0.29, 0.717) is 17.8 Å². The van der Waals surface area contributed by atoms with Gasteiger partial charge in [0.05, 0.1) is 16.7 Å². The van der Waals surface area contributed by atoms with Gasteiger partial charge in [0, 0.05) is 11.0 Å². The summed E-state index contributed by atoms with van der Waals surface area (Å²) in [4.78, 5) is 12.4. The summed E-state index contributed by atoms with van der Waals surface area (Å²) in [6, 6.07) is 7.34. The molecule has 1 fully saturated rings. The fraction of sp³-hybridized carbons (Fsp3) is 0.429. The fourth-order valence-electron chi connectivity index (χ4n) is 2.24. The van der Waals surface area contributed by atoms with E-state index in [1.54, 1.807) is 18.2 Å². The third-order valence-corrected chi connectivity index (χ3v) is 3.99. The molecule has 2 N–H and O–H groups in total. The standard InChI is InChI=1S/C14H16BrN3O/c1-14(5-2-6-17-9-14)13(19)18-12-7-11(15)4-3-10(12)8-16/h3-4,7,17H,2,5-6,9H2,1H3,(H,18,19). The van der Waals surface area contributed by atoms with E-state index in [9.17, 15) is 4.79 Å². The van der Waals surface area contributed by atoms with Gasteiger partial charge < -0.3 is 10.6 Å². The monoisotopic (exact) mass is 321 g/mol. The van der Waals surface area contributed by atoms with Gasteiger partial charge in [0.2, 0.25) is 5.91 Å². The highest BCUT2D eigenvalue weighted by Crippen LogP contribution is 2.29. The summed E-state index contributed by atoms with van der Waals surface area (Å²) < 4.78 is 0.841. The minimum Gasteiger partial charge on any atom is -0.324 e. The predicted octanol–water partition coefficient (Wildman–Crippen LogP) is 2.65. The van der Waals surface area contributed by atoms with E-state index in [1.165, 1.54) is 0 Å². The average Bonchev–Trinajstić information content (AvgIpc) is 2.40. The first-order chi connectivity index (χ1) is 9.05. The molecular weight excluding hydrogens is 306 g/mol. The number of hydrogen-bond acceptors (Lipinski definition) is 3. The van der Waals surface area contributed by atoms with Gasteiger partial charge in [-0.15, -0.1) is 0 Å². The van der Waals surface area contributed by atoms with Gasteiger partial charge in [0.25, 0.3) is 0 Å². The summed E-state index contributed by atoms with van der Waals surface area (Å²) in [7, 11) is 0. The Labute approximate surface area is 121 Å². The molecule has 0 saturated carbocycles. The molecule has 0 radical (unpaired) electrons. The molecule has 0 spiro atoms. The van der Waals surface area contributed by atoms with Crippen LogP contribution in [0.25, 0.3) is 0 Å². The molecule has 0 aromatic heterocycles. The molecule has 5 heteroatoms. The molecule has 1 aromatic carbocycles. The molecule has 1 unspecified atom stereocenters. The van der Waals surface area contributed by atoms with Crippen LogP contribution in [0.4, 0.5) is 5.69 Å². The lowest BCUT2D eigenvalue weighted by molar-refractivity contribution is -0.125. The molecule has 1 aromatic rings. The van der Waals surface area contributed by atoms with Crippen LogP contribution in [0.15, 0.2) is 22.7 Å². The molecule has 100 valence electrons. The fourth-order valence-corrected chi connectivity index (χ4v) is 2.60. The normalized spacial score (nSPS) is 22.6. The number of amides is 1. The molecule has 0 bridgehead atoms. The van der Waals surface area contributed by atoms with Crippen LogP contribution in [0.5, 0.6) is 0 Å². The van der Waals surface area contributed by atoms with Crippen molar-refractivity contribution >= 4 is 27.5 Å². The largest absolute Gasteiger partial charge is 0.324 e. The number of nitrogens with one attached hydrogen (secondary N) is 2. The minimum absolute atomic E-state index is 0.0331. The number of anilines is 1. The van der Waals surface area contributed by atoms with Gasteiger partial charge in [0.1, 0.15) is 6.07 Å². The summed E-state index contributed by atoms with van der Waals surface area (Å²) >= 11 is 3.35. The van der Waals surface area contributed by atoms with Gasteiger partial charge in [-0.2, -0.15) is 5.26 Å². The molecule has 4 nitrogen and oxygen atoms in total. The van der Waals surface area contributed by atoms with Crippen molar-refractivity contribution in [3.05, 3.63) is 28.2 Å². The number of halogens is 1. The van der Waals surface area contributed by atoms with Crippen molar-refractivity contribution in [1.82, 2.24) is 5.32 Å². The SMILES string of the molecule is CC1(C(=O)Nc2cc(Br)ccc2C#N)CCCNC1. The first-order valence-corrected chi connectivity index (χ1v) is 7.06. The Morgan fingerprint density at radius 3 is 3.00 bits per heavy atom. The van der Waals surface area contributed by atoms with Crippen LogP contribution >= 0.6 is 15.9 Å². The Kier molecular flexibility index (Phi) is 4.23. The maximum absolute atomic E-state index is 12.4. The van der Waals surface area contributed by atoms with Gasteiger partial charge in [-0.3, -0.25) is 4.79 Å². The van der Waals surface area contributed by atoms with Gasteiger partial charge in [-0.25, -0.2) is 0 Å². The van der Waals surface area contributed by atoms with E-state index in [-0.39, 0.29) is 5.91 Å². The highest BCUT2D eigenvalue weighted by molar-refractivity contribution is 9.10. The molecular formula is C14H16BrN3O. The van der Waals surface area contributed by atoms with Crippen molar-refractivity contribution in [2.24, 2.45) is 5.41 Å². The summed E-state index contributed by atoms with van der Waals surface area (Å²) in [6.07, 6.45) is 1.86. The zero-order valence-electron chi connectivity index (χ0n) is 10.8. The number of hydrogen-bond donors (Lipinski definition) is 2. The molecule has 2 rings (SSSR count). The molecule has 1 amide bonds. The van der Waals surface area contributed by atoms with E-state index in [4.69, 9.17) is 5.26 Å². The smallest absolute Gasteiger partial charge is 0.231 e. The molecule has 0 aliphatic carbocycles. The summed E-state index contributed by atoms with van der Waals surface area (Å²) in [6.45, 7) is 3.59. The van der Waals surface area contributed by atoms with Crippen LogP contribution in [0.1, 0.15) is 25.3 Å². The van der Waals surface area contributed by atoms with E-state index in [0.717, 1.165) is 23.9 Å². The van der Waals surface area contributed by atoms with Crippen LogP contribution in [0, 0.1) is 16.7 Å². The number of piperidine rings is 1. The van der Waals surface area contributed by atoms with Crippen molar-refractivity contribution in [1.29, 1.82) is 5.26 Å². The molecule has 1 atom stereocenters. The topological polar surface area (TPSA) is 64.9 Å². The minimum atomic E-state index is -0.409. The first kappa shape index (κ1) is 14.0. The Hall–Kier alpha value is -1.38. The third-order valence-electron chi connectivity index (χ3n) is 3.50. The van der Waals surface area contributed by atoms with Crippen LogP contribution in [-0.2, 0) is 4.79 Å². The zero-order chi connectivity index (χ0) is 13.9. The quantitative estimate of drug-likeness (QED) is 0.880. The van der Waals surface area contributed by atoms with Crippen LogP contribution in [0.3, 0.4) is 0 Å². The average molecular weight is 322 g/mol. The van der Waals surface area contributed by atoms with Crippen LogP contribution < -0.4 is 10.6 Å². The maximum Gasteiger partial charge on any atom is 0.231 e.